The van der Waals surface area contributed by atoms with Crippen LogP contribution in [0.5, 0.6) is 5.75 Å². The number of urea groups is 1. The molecule has 2 aromatic rings. The van der Waals surface area contributed by atoms with Gasteiger partial charge in [-0.3, -0.25) is 14.9 Å². The fraction of sp³-hybridized carbons (Fsp3) is 0.381. The number of esters is 1. The Kier molecular flexibility index (Phi) is 7.74. The summed E-state index contributed by atoms with van der Waals surface area (Å²) < 4.78 is 11.5. The molecule has 0 saturated heterocycles. The number of hydrogen-bond acceptors (Lipinski definition) is 7. The van der Waals surface area contributed by atoms with E-state index in [-0.39, 0.29) is 24.9 Å². The minimum absolute atomic E-state index is 0.0615. The molecule has 1 saturated carbocycles. The van der Waals surface area contributed by atoms with E-state index < -0.39 is 30.1 Å². The van der Waals surface area contributed by atoms with Crippen molar-refractivity contribution in [2.45, 2.75) is 38.3 Å². The van der Waals surface area contributed by atoms with Gasteiger partial charge in [0.2, 0.25) is 0 Å². The Morgan fingerprint density at radius 3 is 2.55 bits per heavy atom. The second-order valence-electron chi connectivity index (χ2n) is 7.02. The predicted molar refractivity (Wildman–Crippen MR) is 110 cm³/mol. The van der Waals surface area contributed by atoms with Crippen LogP contribution >= 0.6 is 0 Å². The lowest BCUT2D eigenvalue weighted by Crippen LogP contribution is -2.45. The number of benzene rings is 1. The molecule has 0 unspecified atom stereocenters. The van der Waals surface area contributed by atoms with Crippen LogP contribution in [-0.2, 0) is 16.1 Å². The number of hydrogen-bond donors (Lipinski definition) is 2. The second-order valence-corrected chi connectivity index (χ2v) is 7.02. The molecule has 0 atom stereocenters. The Balaban J connectivity index is 1.46. The van der Waals surface area contributed by atoms with Crippen LogP contribution in [0, 0.1) is 0 Å². The SMILES string of the molecule is O=C(COC(=O)c1ccc(=O)n(CCOc2ccccc2)n1)NC(=O)NC1CCCC1. The fourth-order valence-corrected chi connectivity index (χ4v) is 3.14. The number of nitrogens with zero attached hydrogens (tertiary/aromatic N) is 2. The van der Waals surface area contributed by atoms with Crippen LogP contribution in [0.3, 0.4) is 0 Å². The molecular weight excluding hydrogens is 404 g/mol. The second kappa shape index (κ2) is 10.9. The summed E-state index contributed by atoms with van der Waals surface area (Å²) in [6.07, 6.45) is 3.86. The maximum Gasteiger partial charge on any atom is 0.359 e. The molecule has 164 valence electrons. The Bertz CT molecular complexity index is 969. The van der Waals surface area contributed by atoms with Crippen molar-refractivity contribution < 1.29 is 23.9 Å². The number of amides is 3. The highest BCUT2D eigenvalue weighted by Gasteiger charge is 2.19. The molecule has 0 bridgehead atoms. The molecule has 2 N–H and O–H groups in total. The van der Waals surface area contributed by atoms with Gasteiger partial charge in [-0.2, -0.15) is 5.10 Å². The predicted octanol–water partition coefficient (Wildman–Crippen LogP) is 1.25. The average Bonchev–Trinajstić information content (AvgIpc) is 3.27. The maximum atomic E-state index is 12.2. The first-order chi connectivity index (χ1) is 15.0. The smallest absolute Gasteiger partial charge is 0.359 e. The van der Waals surface area contributed by atoms with Crippen molar-refractivity contribution in [1.29, 1.82) is 0 Å². The minimum Gasteiger partial charge on any atom is -0.492 e. The molecule has 10 heteroatoms. The van der Waals surface area contributed by atoms with Crippen LogP contribution in [0.25, 0.3) is 0 Å². The number of para-hydroxylation sites is 1. The molecule has 0 aliphatic heterocycles. The number of imide groups is 1. The number of carbonyl (C=O) groups excluding carboxylic acids is 3. The van der Waals surface area contributed by atoms with Crippen molar-refractivity contribution in [3.63, 3.8) is 0 Å². The van der Waals surface area contributed by atoms with Crippen molar-refractivity contribution >= 4 is 17.9 Å². The van der Waals surface area contributed by atoms with Gasteiger partial charge in [0.05, 0.1) is 6.54 Å². The lowest BCUT2D eigenvalue weighted by molar-refractivity contribution is -0.123. The van der Waals surface area contributed by atoms with E-state index >= 15 is 0 Å². The van der Waals surface area contributed by atoms with Crippen molar-refractivity contribution in [2.75, 3.05) is 13.2 Å². The van der Waals surface area contributed by atoms with E-state index in [1.807, 2.05) is 18.2 Å². The molecule has 3 rings (SSSR count). The summed E-state index contributed by atoms with van der Waals surface area (Å²) in [5.74, 6) is -0.994. The normalized spacial score (nSPS) is 13.4. The van der Waals surface area contributed by atoms with Crippen molar-refractivity contribution in [3.8, 4) is 5.75 Å². The molecule has 10 nitrogen and oxygen atoms in total. The molecule has 1 heterocycles. The Labute approximate surface area is 178 Å². The van der Waals surface area contributed by atoms with Crippen molar-refractivity contribution in [2.24, 2.45) is 0 Å². The van der Waals surface area contributed by atoms with Gasteiger partial charge in [-0.1, -0.05) is 31.0 Å². The topological polar surface area (TPSA) is 129 Å². The maximum absolute atomic E-state index is 12.2. The lowest BCUT2D eigenvalue weighted by atomic mass is 10.2. The molecule has 1 aromatic heterocycles. The number of aromatic nitrogens is 2. The third-order valence-electron chi connectivity index (χ3n) is 4.67. The van der Waals surface area contributed by atoms with Crippen LogP contribution in [-0.4, -0.2) is 46.9 Å². The molecule has 0 spiro atoms. The van der Waals surface area contributed by atoms with E-state index in [0.29, 0.717) is 5.75 Å². The highest BCUT2D eigenvalue weighted by Crippen LogP contribution is 2.17. The van der Waals surface area contributed by atoms with Gasteiger partial charge < -0.3 is 14.8 Å². The highest BCUT2D eigenvalue weighted by atomic mass is 16.5. The summed E-state index contributed by atoms with van der Waals surface area (Å²) in [6.45, 7) is -0.348. The lowest BCUT2D eigenvalue weighted by Gasteiger charge is -2.12. The average molecular weight is 428 g/mol. The zero-order valence-corrected chi connectivity index (χ0v) is 16.9. The Morgan fingerprint density at radius 2 is 1.81 bits per heavy atom. The van der Waals surface area contributed by atoms with Crippen LogP contribution in [0.4, 0.5) is 4.79 Å². The van der Waals surface area contributed by atoms with E-state index in [1.165, 1.54) is 12.1 Å². The fourth-order valence-electron chi connectivity index (χ4n) is 3.14. The van der Waals surface area contributed by atoms with Crippen LogP contribution in [0.15, 0.2) is 47.3 Å². The van der Waals surface area contributed by atoms with Gasteiger partial charge in [0, 0.05) is 12.1 Å². The molecule has 1 aliphatic carbocycles. The number of rotatable bonds is 8. The summed E-state index contributed by atoms with van der Waals surface area (Å²) in [6, 6.07) is 10.9. The van der Waals surface area contributed by atoms with E-state index in [9.17, 15) is 19.2 Å². The van der Waals surface area contributed by atoms with E-state index in [4.69, 9.17) is 9.47 Å². The molecule has 0 radical (unpaired) electrons. The molecule has 3 amide bonds. The Hall–Kier alpha value is -3.69. The molecule has 1 fully saturated rings. The van der Waals surface area contributed by atoms with Gasteiger partial charge in [0.15, 0.2) is 12.3 Å². The molecule has 31 heavy (non-hydrogen) atoms. The third-order valence-corrected chi connectivity index (χ3v) is 4.67. The molecule has 1 aliphatic rings. The van der Waals surface area contributed by atoms with Gasteiger partial charge in [0.25, 0.3) is 11.5 Å². The van der Waals surface area contributed by atoms with E-state index in [0.717, 1.165) is 30.4 Å². The number of carbonyl (C=O) groups is 3. The standard InChI is InChI=1S/C21H24N4O6/c26-18(23-21(29)22-15-6-4-5-7-15)14-31-20(28)17-10-11-19(27)25(24-17)12-13-30-16-8-2-1-3-9-16/h1-3,8-11,15H,4-7,12-14H2,(H2,22,23,26,29). The van der Waals surface area contributed by atoms with Crippen molar-refractivity contribution in [1.82, 2.24) is 20.4 Å². The minimum atomic E-state index is -0.885. The zero-order chi connectivity index (χ0) is 22.1. The van der Waals surface area contributed by atoms with Crippen LogP contribution in [0.1, 0.15) is 36.2 Å². The van der Waals surface area contributed by atoms with E-state index in [1.54, 1.807) is 12.1 Å². The monoisotopic (exact) mass is 428 g/mol. The first-order valence-electron chi connectivity index (χ1n) is 10.0. The Morgan fingerprint density at radius 1 is 1.06 bits per heavy atom. The molecular formula is C21H24N4O6. The summed E-state index contributed by atoms with van der Waals surface area (Å²) in [4.78, 5) is 47.7. The van der Waals surface area contributed by atoms with Gasteiger partial charge >= 0.3 is 12.0 Å². The van der Waals surface area contributed by atoms with Gasteiger partial charge in [-0.15, -0.1) is 0 Å². The summed E-state index contributed by atoms with van der Waals surface area (Å²) >= 11 is 0. The quantitative estimate of drug-likeness (QED) is 0.606. The zero-order valence-electron chi connectivity index (χ0n) is 16.9. The summed E-state index contributed by atoms with van der Waals surface area (Å²) in [5.41, 5.74) is -0.544. The first kappa shape index (κ1) is 22.0. The van der Waals surface area contributed by atoms with Crippen LogP contribution in [0.2, 0.25) is 0 Å². The van der Waals surface area contributed by atoms with Gasteiger partial charge in [-0.25, -0.2) is 14.3 Å². The van der Waals surface area contributed by atoms with Crippen molar-refractivity contribution in [3.05, 3.63) is 58.5 Å². The van der Waals surface area contributed by atoms with Gasteiger partial charge in [0.1, 0.15) is 12.4 Å². The molecule has 1 aromatic carbocycles. The van der Waals surface area contributed by atoms with E-state index in [2.05, 4.69) is 15.7 Å². The first-order valence-corrected chi connectivity index (χ1v) is 10.0. The van der Waals surface area contributed by atoms with Crippen LogP contribution < -0.4 is 20.9 Å². The largest absolute Gasteiger partial charge is 0.492 e. The van der Waals surface area contributed by atoms with Gasteiger partial charge in [-0.05, 0) is 31.0 Å². The number of nitrogens with one attached hydrogen (secondary N) is 2. The number of ether oxygens (including phenoxy) is 2. The summed E-state index contributed by atoms with van der Waals surface area (Å²) in [7, 11) is 0. The summed E-state index contributed by atoms with van der Waals surface area (Å²) in [5, 5.41) is 8.77. The third kappa shape index (κ3) is 6.95. The highest BCUT2D eigenvalue weighted by molar-refractivity contribution is 5.96.